The molecule has 0 radical (unpaired) electrons. The van der Waals surface area contributed by atoms with Gasteiger partial charge in [0.15, 0.2) is 0 Å². The van der Waals surface area contributed by atoms with Gasteiger partial charge in [-0.3, -0.25) is 4.79 Å². The fourth-order valence-electron chi connectivity index (χ4n) is 2.43. The minimum absolute atomic E-state index is 0. The summed E-state index contributed by atoms with van der Waals surface area (Å²) < 4.78 is 5.50. The molecule has 0 saturated carbocycles. The van der Waals surface area contributed by atoms with E-state index in [0.29, 0.717) is 18.6 Å². The standard InChI is InChI=1S/C12H22N2O2.ClH/c15-12(4-3-11-2-1-9-16-11)14-10-5-7-13-8-6-10;/h10-11,13H,1-9H2,(H,14,15);1H. The highest BCUT2D eigenvalue weighted by atomic mass is 35.5. The third-order valence-electron chi connectivity index (χ3n) is 3.42. The van der Waals surface area contributed by atoms with Crippen LogP contribution < -0.4 is 10.6 Å². The second-order valence-electron chi connectivity index (χ2n) is 4.77. The van der Waals surface area contributed by atoms with Crippen LogP contribution in [-0.4, -0.2) is 37.7 Å². The first kappa shape index (κ1) is 14.7. The molecule has 2 fully saturated rings. The molecule has 0 aliphatic carbocycles. The number of rotatable bonds is 4. The smallest absolute Gasteiger partial charge is 0.220 e. The highest BCUT2D eigenvalue weighted by Crippen LogP contribution is 2.16. The second kappa shape index (κ2) is 7.90. The molecule has 2 N–H and O–H groups in total. The van der Waals surface area contributed by atoms with Gasteiger partial charge in [-0.1, -0.05) is 0 Å². The molecule has 2 aliphatic rings. The van der Waals surface area contributed by atoms with E-state index in [-0.39, 0.29) is 18.3 Å². The predicted octanol–water partition coefficient (Wildman–Crippen LogP) is 1.24. The molecule has 2 rings (SSSR count). The van der Waals surface area contributed by atoms with Crippen LogP contribution in [0, 0.1) is 0 Å². The maximum atomic E-state index is 11.7. The topological polar surface area (TPSA) is 50.4 Å². The lowest BCUT2D eigenvalue weighted by molar-refractivity contribution is -0.122. The van der Waals surface area contributed by atoms with Gasteiger partial charge in [0.1, 0.15) is 0 Å². The van der Waals surface area contributed by atoms with Gasteiger partial charge in [0, 0.05) is 19.1 Å². The number of carbonyl (C=O) groups excluding carboxylic acids is 1. The lowest BCUT2D eigenvalue weighted by atomic mass is 10.1. The maximum absolute atomic E-state index is 11.7. The van der Waals surface area contributed by atoms with Crippen molar-refractivity contribution in [1.82, 2.24) is 10.6 Å². The molecule has 0 bridgehead atoms. The summed E-state index contributed by atoms with van der Waals surface area (Å²) in [5.41, 5.74) is 0. The van der Waals surface area contributed by atoms with Crippen molar-refractivity contribution in [2.75, 3.05) is 19.7 Å². The van der Waals surface area contributed by atoms with Crippen molar-refractivity contribution >= 4 is 18.3 Å². The molecule has 2 heterocycles. The van der Waals surface area contributed by atoms with Crippen LogP contribution in [0.2, 0.25) is 0 Å². The second-order valence-corrected chi connectivity index (χ2v) is 4.77. The van der Waals surface area contributed by atoms with Crippen molar-refractivity contribution in [1.29, 1.82) is 0 Å². The minimum Gasteiger partial charge on any atom is -0.378 e. The number of halogens is 1. The van der Waals surface area contributed by atoms with Gasteiger partial charge >= 0.3 is 0 Å². The van der Waals surface area contributed by atoms with Crippen LogP contribution in [0.15, 0.2) is 0 Å². The van der Waals surface area contributed by atoms with Gasteiger partial charge < -0.3 is 15.4 Å². The fraction of sp³-hybridized carbons (Fsp3) is 0.917. The summed E-state index contributed by atoms with van der Waals surface area (Å²) in [6, 6.07) is 0.387. The van der Waals surface area contributed by atoms with Crippen LogP contribution in [-0.2, 0) is 9.53 Å². The summed E-state index contributed by atoms with van der Waals surface area (Å²) >= 11 is 0. The lowest BCUT2D eigenvalue weighted by Gasteiger charge is -2.23. The zero-order chi connectivity index (χ0) is 11.2. The summed E-state index contributed by atoms with van der Waals surface area (Å²) in [6.45, 7) is 2.92. The van der Waals surface area contributed by atoms with Gasteiger partial charge in [-0.05, 0) is 45.2 Å². The SMILES string of the molecule is Cl.O=C(CCC1CCCO1)NC1CCNCC1. The fourth-order valence-corrected chi connectivity index (χ4v) is 2.43. The Morgan fingerprint density at radius 1 is 1.29 bits per heavy atom. The average Bonchev–Trinajstić information content (AvgIpc) is 2.81. The highest BCUT2D eigenvalue weighted by Gasteiger charge is 2.19. The number of ether oxygens (including phenoxy) is 1. The predicted molar refractivity (Wildman–Crippen MR) is 69.5 cm³/mol. The summed E-state index contributed by atoms with van der Waals surface area (Å²) in [6.07, 6.45) is 6.24. The lowest BCUT2D eigenvalue weighted by Crippen LogP contribution is -2.42. The number of carbonyl (C=O) groups is 1. The van der Waals surface area contributed by atoms with E-state index < -0.39 is 0 Å². The van der Waals surface area contributed by atoms with Gasteiger partial charge in [-0.15, -0.1) is 12.4 Å². The van der Waals surface area contributed by atoms with Crippen molar-refractivity contribution in [3.8, 4) is 0 Å². The molecule has 4 nitrogen and oxygen atoms in total. The molecular formula is C12H23ClN2O2. The zero-order valence-corrected chi connectivity index (χ0v) is 11.1. The van der Waals surface area contributed by atoms with Crippen molar-refractivity contribution < 1.29 is 9.53 Å². The van der Waals surface area contributed by atoms with E-state index in [2.05, 4.69) is 10.6 Å². The molecule has 1 unspecified atom stereocenters. The molecular weight excluding hydrogens is 240 g/mol. The summed E-state index contributed by atoms with van der Waals surface area (Å²) in [5.74, 6) is 0.197. The number of amides is 1. The average molecular weight is 263 g/mol. The monoisotopic (exact) mass is 262 g/mol. The number of piperidine rings is 1. The van der Waals surface area contributed by atoms with Crippen LogP contribution in [0.25, 0.3) is 0 Å². The van der Waals surface area contributed by atoms with E-state index in [1.54, 1.807) is 0 Å². The first-order valence-electron chi connectivity index (χ1n) is 6.46. The van der Waals surface area contributed by atoms with E-state index in [4.69, 9.17) is 4.74 Å². The Kier molecular flexibility index (Phi) is 6.85. The van der Waals surface area contributed by atoms with E-state index in [0.717, 1.165) is 51.8 Å². The van der Waals surface area contributed by atoms with E-state index in [1.165, 1.54) is 0 Å². The largest absolute Gasteiger partial charge is 0.378 e. The van der Waals surface area contributed by atoms with Crippen LogP contribution in [0.3, 0.4) is 0 Å². The Bertz CT molecular complexity index is 227. The van der Waals surface area contributed by atoms with Crippen molar-refractivity contribution in [2.45, 2.75) is 50.7 Å². The van der Waals surface area contributed by atoms with Crippen LogP contribution in [0.4, 0.5) is 0 Å². The molecule has 0 aromatic heterocycles. The Balaban J connectivity index is 0.00000144. The normalized spacial score (nSPS) is 25.3. The minimum atomic E-state index is 0. The molecule has 0 spiro atoms. The number of hydrogen-bond donors (Lipinski definition) is 2. The van der Waals surface area contributed by atoms with Crippen molar-refractivity contribution in [3.63, 3.8) is 0 Å². The zero-order valence-electron chi connectivity index (χ0n) is 10.2. The Morgan fingerprint density at radius 2 is 2.06 bits per heavy atom. The highest BCUT2D eigenvalue weighted by molar-refractivity contribution is 5.85. The van der Waals surface area contributed by atoms with Crippen LogP contribution >= 0.6 is 12.4 Å². The Hall–Kier alpha value is -0.320. The molecule has 2 aliphatic heterocycles. The van der Waals surface area contributed by atoms with Crippen molar-refractivity contribution in [3.05, 3.63) is 0 Å². The molecule has 2 saturated heterocycles. The Morgan fingerprint density at radius 3 is 2.71 bits per heavy atom. The van der Waals surface area contributed by atoms with E-state index in [1.807, 2.05) is 0 Å². The number of nitrogens with one attached hydrogen (secondary N) is 2. The first-order chi connectivity index (χ1) is 7.84. The van der Waals surface area contributed by atoms with Gasteiger partial charge in [0.25, 0.3) is 0 Å². The quantitative estimate of drug-likeness (QED) is 0.802. The third-order valence-corrected chi connectivity index (χ3v) is 3.42. The molecule has 0 aromatic carbocycles. The van der Waals surface area contributed by atoms with E-state index in [9.17, 15) is 4.79 Å². The molecule has 1 atom stereocenters. The summed E-state index contributed by atoms with van der Waals surface area (Å²) in [7, 11) is 0. The molecule has 5 heteroatoms. The van der Waals surface area contributed by atoms with Crippen molar-refractivity contribution in [2.24, 2.45) is 0 Å². The maximum Gasteiger partial charge on any atom is 0.220 e. The van der Waals surface area contributed by atoms with Gasteiger partial charge in [0.05, 0.1) is 6.10 Å². The number of hydrogen-bond acceptors (Lipinski definition) is 3. The molecule has 100 valence electrons. The molecule has 1 amide bonds. The van der Waals surface area contributed by atoms with Crippen LogP contribution in [0.1, 0.15) is 38.5 Å². The summed E-state index contributed by atoms with van der Waals surface area (Å²) in [5, 5.41) is 6.40. The third kappa shape index (κ3) is 5.23. The molecule has 17 heavy (non-hydrogen) atoms. The van der Waals surface area contributed by atoms with E-state index >= 15 is 0 Å². The van der Waals surface area contributed by atoms with Crippen LogP contribution in [0.5, 0.6) is 0 Å². The van der Waals surface area contributed by atoms with Gasteiger partial charge in [0.2, 0.25) is 5.91 Å². The molecule has 0 aromatic rings. The van der Waals surface area contributed by atoms with Gasteiger partial charge in [-0.2, -0.15) is 0 Å². The first-order valence-corrected chi connectivity index (χ1v) is 6.46. The summed E-state index contributed by atoms with van der Waals surface area (Å²) in [4.78, 5) is 11.7. The van der Waals surface area contributed by atoms with Gasteiger partial charge in [-0.25, -0.2) is 0 Å². The Labute approximate surface area is 109 Å².